The Bertz CT molecular complexity index is 434. The van der Waals surface area contributed by atoms with Crippen LogP contribution in [0.2, 0.25) is 0 Å². The van der Waals surface area contributed by atoms with E-state index in [2.05, 4.69) is 10.3 Å². The molecular formula is C11H14N4O. The van der Waals surface area contributed by atoms with Gasteiger partial charge in [0.25, 0.3) is 0 Å². The lowest BCUT2D eigenvalue weighted by atomic mass is 10.1. The number of pyridine rings is 1. The molecule has 1 aromatic heterocycles. The monoisotopic (exact) mass is 218 g/mol. The van der Waals surface area contributed by atoms with Gasteiger partial charge in [-0.15, -0.1) is 0 Å². The van der Waals surface area contributed by atoms with Gasteiger partial charge in [-0.3, -0.25) is 0 Å². The van der Waals surface area contributed by atoms with Crippen molar-refractivity contribution >= 4 is 11.5 Å². The summed E-state index contributed by atoms with van der Waals surface area (Å²) in [5.74, 6) is 0.630. The number of hydrogen-bond donors (Lipinski definition) is 3. The summed E-state index contributed by atoms with van der Waals surface area (Å²) in [6.07, 6.45) is 2.08. The molecule has 0 unspecified atom stereocenters. The fraction of sp³-hybridized carbons (Fsp3) is 0.455. The minimum Gasteiger partial charge on any atom is -0.396 e. The van der Waals surface area contributed by atoms with Crippen molar-refractivity contribution < 1.29 is 5.11 Å². The van der Waals surface area contributed by atoms with Gasteiger partial charge >= 0.3 is 0 Å². The van der Waals surface area contributed by atoms with E-state index in [1.807, 2.05) is 6.07 Å². The molecule has 0 spiro atoms. The van der Waals surface area contributed by atoms with Gasteiger partial charge in [0.1, 0.15) is 11.9 Å². The van der Waals surface area contributed by atoms with Crippen LogP contribution in [0.5, 0.6) is 0 Å². The Hall–Kier alpha value is -1.80. The summed E-state index contributed by atoms with van der Waals surface area (Å²) in [5, 5.41) is 21.0. The largest absolute Gasteiger partial charge is 0.396 e. The van der Waals surface area contributed by atoms with Crippen LogP contribution < -0.4 is 11.1 Å². The third-order valence-electron chi connectivity index (χ3n) is 2.97. The number of nitriles is 1. The van der Waals surface area contributed by atoms with Crippen molar-refractivity contribution in [1.82, 2.24) is 4.98 Å². The molecule has 0 amide bonds. The van der Waals surface area contributed by atoms with Crippen molar-refractivity contribution in [2.24, 2.45) is 5.41 Å². The number of anilines is 2. The molecule has 0 atom stereocenters. The second-order valence-corrected chi connectivity index (χ2v) is 4.26. The normalized spacial score (nSPS) is 16.5. The molecule has 4 N–H and O–H groups in total. The van der Waals surface area contributed by atoms with Gasteiger partial charge < -0.3 is 16.2 Å². The third kappa shape index (κ3) is 2.07. The SMILES string of the molecule is N#Cc1nc(NCC2(CO)CC2)ccc1N. The Morgan fingerprint density at radius 1 is 1.56 bits per heavy atom. The fourth-order valence-electron chi connectivity index (χ4n) is 1.50. The number of aliphatic hydroxyl groups excluding tert-OH is 1. The summed E-state index contributed by atoms with van der Waals surface area (Å²) in [6, 6.07) is 5.34. The van der Waals surface area contributed by atoms with Crippen LogP contribution in [0.3, 0.4) is 0 Å². The molecule has 1 fully saturated rings. The minimum absolute atomic E-state index is 0.0237. The maximum atomic E-state index is 9.15. The number of aromatic nitrogens is 1. The van der Waals surface area contributed by atoms with Crippen molar-refractivity contribution in [1.29, 1.82) is 5.26 Å². The molecular weight excluding hydrogens is 204 g/mol. The number of rotatable bonds is 4. The fourth-order valence-corrected chi connectivity index (χ4v) is 1.50. The van der Waals surface area contributed by atoms with Crippen LogP contribution in [0.4, 0.5) is 11.5 Å². The summed E-state index contributed by atoms with van der Waals surface area (Å²) < 4.78 is 0. The standard InChI is InChI=1S/C11H14N4O/c12-5-9-8(13)1-2-10(15-9)14-6-11(7-16)3-4-11/h1-2,16H,3-4,6-7,13H2,(H,14,15). The van der Waals surface area contributed by atoms with E-state index in [1.54, 1.807) is 12.1 Å². The number of nitrogens with one attached hydrogen (secondary N) is 1. The van der Waals surface area contributed by atoms with Crippen LogP contribution in [0.25, 0.3) is 0 Å². The zero-order valence-electron chi connectivity index (χ0n) is 8.90. The summed E-state index contributed by atoms with van der Waals surface area (Å²) in [4.78, 5) is 4.08. The van der Waals surface area contributed by atoms with Crippen LogP contribution in [-0.2, 0) is 0 Å². The van der Waals surface area contributed by atoms with Gasteiger partial charge in [0.15, 0.2) is 5.69 Å². The minimum atomic E-state index is 0.0237. The first-order valence-corrected chi connectivity index (χ1v) is 5.20. The Kier molecular flexibility index (Phi) is 2.67. The van der Waals surface area contributed by atoms with Gasteiger partial charge in [-0.2, -0.15) is 5.26 Å². The molecule has 0 bridgehead atoms. The third-order valence-corrected chi connectivity index (χ3v) is 2.97. The molecule has 16 heavy (non-hydrogen) atoms. The molecule has 1 saturated carbocycles. The van der Waals surface area contributed by atoms with E-state index in [4.69, 9.17) is 16.1 Å². The predicted molar refractivity (Wildman–Crippen MR) is 60.6 cm³/mol. The van der Waals surface area contributed by atoms with Crippen LogP contribution in [0, 0.1) is 16.7 Å². The summed E-state index contributed by atoms with van der Waals surface area (Å²) >= 11 is 0. The smallest absolute Gasteiger partial charge is 0.165 e. The first-order valence-electron chi connectivity index (χ1n) is 5.20. The Morgan fingerprint density at radius 3 is 2.88 bits per heavy atom. The lowest BCUT2D eigenvalue weighted by molar-refractivity contribution is 0.219. The molecule has 5 heteroatoms. The van der Waals surface area contributed by atoms with Crippen molar-refractivity contribution in [2.45, 2.75) is 12.8 Å². The Labute approximate surface area is 93.9 Å². The molecule has 0 saturated heterocycles. The van der Waals surface area contributed by atoms with E-state index in [9.17, 15) is 0 Å². The van der Waals surface area contributed by atoms with Crippen molar-refractivity contribution in [3.05, 3.63) is 17.8 Å². The number of nitrogen functional groups attached to an aromatic ring is 1. The first kappa shape index (κ1) is 10.7. The molecule has 0 aromatic carbocycles. The molecule has 5 nitrogen and oxygen atoms in total. The number of aliphatic hydroxyl groups is 1. The van der Waals surface area contributed by atoms with E-state index in [0.717, 1.165) is 12.8 Å². The number of nitrogens with two attached hydrogens (primary N) is 1. The highest BCUT2D eigenvalue weighted by Crippen LogP contribution is 2.44. The topological polar surface area (TPSA) is 95.0 Å². The highest BCUT2D eigenvalue weighted by Gasteiger charge is 2.41. The molecule has 2 rings (SSSR count). The molecule has 1 aliphatic rings. The lowest BCUT2D eigenvalue weighted by Crippen LogP contribution is -2.19. The van der Waals surface area contributed by atoms with Crippen LogP contribution in [0.15, 0.2) is 12.1 Å². The second-order valence-electron chi connectivity index (χ2n) is 4.26. The van der Waals surface area contributed by atoms with Crippen molar-refractivity contribution in [2.75, 3.05) is 24.2 Å². The van der Waals surface area contributed by atoms with E-state index in [1.165, 1.54) is 0 Å². The highest BCUT2D eigenvalue weighted by molar-refractivity contribution is 5.54. The number of nitrogens with zero attached hydrogens (tertiary/aromatic N) is 2. The van der Waals surface area contributed by atoms with Crippen LogP contribution in [0.1, 0.15) is 18.5 Å². The van der Waals surface area contributed by atoms with Crippen LogP contribution in [-0.4, -0.2) is 23.2 Å². The van der Waals surface area contributed by atoms with Gasteiger partial charge in [0.2, 0.25) is 0 Å². The predicted octanol–water partition coefficient (Wildman–Crippen LogP) is 0.720. The van der Waals surface area contributed by atoms with E-state index >= 15 is 0 Å². The van der Waals surface area contributed by atoms with E-state index in [0.29, 0.717) is 18.1 Å². The molecule has 84 valence electrons. The zero-order chi connectivity index (χ0) is 11.6. The van der Waals surface area contributed by atoms with Crippen LogP contribution >= 0.6 is 0 Å². The Balaban J connectivity index is 2.03. The molecule has 1 heterocycles. The lowest BCUT2D eigenvalue weighted by Gasteiger charge is -2.13. The summed E-state index contributed by atoms with van der Waals surface area (Å²) in [7, 11) is 0. The summed E-state index contributed by atoms with van der Waals surface area (Å²) in [6.45, 7) is 0.880. The molecule has 1 aromatic rings. The average Bonchev–Trinajstić information content (AvgIpc) is 3.09. The molecule has 0 aliphatic heterocycles. The first-order chi connectivity index (χ1) is 7.69. The molecule has 0 radical (unpaired) electrons. The van der Waals surface area contributed by atoms with Gasteiger partial charge in [-0.1, -0.05) is 0 Å². The van der Waals surface area contributed by atoms with Crippen molar-refractivity contribution in [3.8, 4) is 6.07 Å². The quantitative estimate of drug-likeness (QED) is 0.692. The Morgan fingerprint density at radius 2 is 2.31 bits per heavy atom. The van der Waals surface area contributed by atoms with Gasteiger partial charge in [-0.25, -0.2) is 4.98 Å². The van der Waals surface area contributed by atoms with Gasteiger partial charge in [-0.05, 0) is 25.0 Å². The maximum Gasteiger partial charge on any atom is 0.165 e. The van der Waals surface area contributed by atoms with Crippen molar-refractivity contribution in [3.63, 3.8) is 0 Å². The van der Waals surface area contributed by atoms with E-state index in [-0.39, 0.29) is 17.7 Å². The zero-order valence-corrected chi connectivity index (χ0v) is 8.90. The molecule has 1 aliphatic carbocycles. The van der Waals surface area contributed by atoms with Gasteiger partial charge in [0.05, 0.1) is 12.3 Å². The average molecular weight is 218 g/mol. The van der Waals surface area contributed by atoms with Gasteiger partial charge in [0, 0.05) is 12.0 Å². The summed E-state index contributed by atoms with van der Waals surface area (Å²) in [5.41, 5.74) is 6.21. The second kappa shape index (κ2) is 3.99. The number of hydrogen-bond acceptors (Lipinski definition) is 5. The maximum absolute atomic E-state index is 9.15. The van der Waals surface area contributed by atoms with E-state index < -0.39 is 0 Å². The highest BCUT2D eigenvalue weighted by atomic mass is 16.3.